The highest BCUT2D eigenvalue weighted by Gasteiger charge is 2.40. The van der Waals surface area contributed by atoms with Crippen LogP contribution in [0, 0.1) is 0 Å². The minimum atomic E-state index is -0.699. The van der Waals surface area contributed by atoms with Gasteiger partial charge >= 0.3 is 0 Å². The van der Waals surface area contributed by atoms with E-state index in [9.17, 15) is 5.11 Å². The standard InChI is InChI=1S/C24H21N3O/c28-18-10-17-23-25-19-26-27(23)24(20-11-4-1-5-12-20,21-13-6-2-7-14-21)22-15-8-3-9-16-22/h1-17,19,28H,18H2. The minimum Gasteiger partial charge on any atom is -0.392 e. The van der Waals surface area contributed by atoms with E-state index < -0.39 is 5.54 Å². The third kappa shape index (κ3) is 3.04. The molecule has 1 aromatic heterocycles. The van der Waals surface area contributed by atoms with Gasteiger partial charge in [-0.25, -0.2) is 9.67 Å². The quantitative estimate of drug-likeness (QED) is 0.522. The van der Waals surface area contributed by atoms with Crippen LogP contribution in [0.1, 0.15) is 22.5 Å². The molecule has 4 nitrogen and oxygen atoms in total. The van der Waals surface area contributed by atoms with Crippen molar-refractivity contribution in [2.75, 3.05) is 6.61 Å². The van der Waals surface area contributed by atoms with E-state index in [4.69, 9.17) is 0 Å². The van der Waals surface area contributed by atoms with Gasteiger partial charge in [-0.3, -0.25) is 0 Å². The molecule has 0 fully saturated rings. The lowest BCUT2D eigenvalue weighted by Crippen LogP contribution is -2.39. The zero-order chi connectivity index (χ0) is 19.2. The smallest absolute Gasteiger partial charge is 0.152 e. The molecule has 28 heavy (non-hydrogen) atoms. The molecule has 0 amide bonds. The molecule has 0 spiro atoms. The Kier molecular flexibility index (Phi) is 5.13. The number of benzene rings is 3. The Morgan fingerprint density at radius 2 is 1.21 bits per heavy atom. The number of hydrogen-bond donors (Lipinski definition) is 1. The molecule has 0 aliphatic rings. The van der Waals surface area contributed by atoms with E-state index in [0.717, 1.165) is 16.7 Å². The zero-order valence-corrected chi connectivity index (χ0v) is 15.4. The second-order valence-corrected chi connectivity index (χ2v) is 6.42. The summed E-state index contributed by atoms with van der Waals surface area (Å²) >= 11 is 0. The van der Waals surface area contributed by atoms with Gasteiger partial charge in [-0.1, -0.05) is 97.1 Å². The highest BCUT2D eigenvalue weighted by Crippen LogP contribution is 2.40. The fourth-order valence-corrected chi connectivity index (χ4v) is 3.69. The molecule has 1 N–H and O–H groups in total. The lowest BCUT2D eigenvalue weighted by atomic mass is 9.77. The van der Waals surface area contributed by atoms with Crippen molar-refractivity contribution in [2.45, 2.75) is 5.54 Å². The molecule has 4 aromatic rings. The molecule has 3 aromatic carbocycles. The number of hydrogen-bond acceptors (Lipinski definition) is 3. The van der Waals surface area contributed by atoms with Crippen LogP contribution >= 0.6 is 0 Å². The first-order chi connectivity index (χ1) is 13.9. The lowest BCUT2D eigenvalue weighted by Gasteiger charge is -2.36. The van der Waals surface area contributed by atoms with Gasteiger partial charge < -0.3 is 5.11 Å². The SMILES string of the molecule is OCC=Cc1ncnn1C(c1ccccc1)(c1ccccc1)c1ccccc1. The summed E-state index contributed by atoms with van der Waals surface area (Å²) in [6.45, 7) is -0.0537. The predicted octanol–water partition coefficient (Wildman–Crippen LogP) is 4.12. The molecular formula is C24H21N3O. The van der Waals surface area contributed by atoms with Gasteiger partial charge in [0.2, 0.25) is 0 Å². The number of aliphatic hydroxyl groups is 1. The Morgan fingerprint density at radius 3 is 1.64 bits per heavy atom. The zero-order valence-electron chi connectivity index (χ0n) is 15.4. The van der Waals surface area contributed by atoms with Crippen molar-refractivity contribution in [3.8, 4) is 0 Å². The molecule has 0 aliphatic heterocycles. The summed E-state index contributed by atoms with van der Waals surface area (Å²) in [7, 11) is 0. The molecule has 0 unspecified atom stereocenters. The maximum Gasteiger partial charge on any atom is 0.152 e. The number of nitrogens with zero attached hydrogens (tertiary/aromatic N) is 3. The maximum absolute atomic E-state index is 9.27. The highest BCUT2D eigenvalue weighted by molar-refractivity contribution is 5.53. The maximum atomic E-state index is 9.27. The van der Waals surface area contributed by atoms with Crippen LogP contribution in [0.15, 0.2) is 103 Å². The van der Waals surface area contributed by atoms with Crippen LogP contribution in [0.3, 0.4) is 0 Å². The Morgan fingerprint density at radius 1 is 0.750 bits per heavy atom. The summed E-state index contributed by atoms with van der Waals surface area (Å²) in [5.74, 6) is 0.672. The average Bonchev–Trinajstić information content (AvgIpc) is 3.24. The predicted molar refractivity (Wildman–Crippen MR) is 111 cm³/mol. The van der Waals surface area contributed by atoms with Gasteiger partial charge in [-0.2, -0.15) is 5.10 Å². The van der Waals surface area contributed by atoms with Gasteiger partial charge in [0.15, 0.2) is 5.82 Å². The van der Waals surface area contributed by atoms with Gasteiger partial charge in [-0.05, 0) is 22.8 Å². The summed E-state index contributed by atoms with van der Waals surface area (Å²) in [5.41, 5.74) is 2.54. The van der Waals surface area contributed by atoms with Gasteiger partial charge in [0.25, 0.3) is 0 Å². The second kappa shape index (κ2) is 8.03. The van der Waals surface area contributed by atoms with E-state index in [-0.39, 0.29) is 6.61 Å². The monoisotopic (exact) mass is 367 g/mol. The van der Waals surface area contributed by atoms with E-state index in [2.05, 4.69) is 46.5 Å². The first-order valence-electron chi connectivity index (χ1n) is 9.22. The van der Waals surface area contributed by atoms with E-state index in [1.807, 2.05) is 59.3 Å². The summed E-state index contributed by atoms with van der Waals surface area (Å²) in [6, 6.07) is 30.9. The van der Waals surface area contributed by atoms with Crippen LogP contribution in [0.4, 0.5) is 0 Å². The van der Waals surface area contributed by atoms with Crippen molar-refractivity contribution >= 4 is 6.08 Å². The molecule has 0 aliphatic carbocycles. The molecule has 0 atom stereocenters. The Labute approximate surface area is 164 Å². The van der Waals surface area contributed by atoms with Crippen molar-refractivity contribution in [2.24, 2.45) is 0 Å². The fraction of sp³-hybridized carbons (Fsp3) is 0.0833. The van der Waals surface area contributed by atoms with E-state index in [0.29, 0.717) is 5.82 Å². The van der Waals surface area contributed by atoms with Crippen LogP contribution in [0.25, 0.3) is 6.08 Å². The first-order valence-corrected chi connectivity index (χ1v) is 9.22. The van der Waals surface area contributed by atoms with Crippen LogP contribution in [0.2, 0.25) is 0 Å². The van der Waals surface area contributed by atoms with Crippen molar-refractivity contribution in [3.05, 3.63) is 126 Å². The number of aliphatic hydroxyl groups excluding tert-OH is 1. The van der Waals surface area contributed by atoms with Crippen LogP contribution < -0.4 is 0 Å². The third-order valence-corrected chi connectivity index (χ3v) is 4.84. The molecular weight excluding hydrogens is 346 g/mol. The van der Waals surface area contributed by atoms with Crippen molar-refractivity contribution in [1.82, 2.24) is 14.8 Å². The van der Waals surface area contributed by atoms with Gasteiger partial charge in [0.1, 0.15) is 11.9 Å². The van der Waals surface area contributed by atoms with Crippen LogP contribution in [-0.4, -0.2) is 26.5 Å². The Bertz CT molecular complexity index is 944. The van der Waals surface area contributed by atoms with Crippen molar-refractivity contribution in [1.29, 1.82) is 0 Å². The van der Waals surface area contributed by atoms with Gasteiger partial charge in [0.05, 0.1) is 6.61 Å². The normalized spacial score (nSPS) is 11.8. The molecule has 1 heterocycles. The average molecular weight is 367 g/mol. The summed E-state index contributed by atoms with van der Waals surface area (Å²) < 4.78 is 1.93. The van der Waals surface area contributed by atoms with E-state index in [1.165, 1.54) is 0 Å². The fourth-order valence-electron chi connectivity index (χ4n) is 3.69. The summed E-state index contributed by atoms with van der Waals surface area (Å²) in [6.07, 6.45) is 5.03. The van der Waals surface area contributed by atoms with Crippen molar-refractivity contribution < 1.29 is 5.11 Å². The second-order valence-electron chi connectivity index (χ2n) is 6.42. The third-order valence-electron chi connectivity index (χ3n) is 4.84. The highest BCUT2D eigenvalue weighted by atomic mass is 16.2. The molecule has 0 saturated heterocycles. The molecule has 0 saturated carbocycles. The number of rotatable bonds is 6. The molecule has 0 radical (unpaired) electrons. The van der Waals surface area contributed by atoms with E-state index in [1.54, 1.807) is 18.5 Å². The number of aromatic nitrogens is 3. The van der Waals surface area contributed by atoms with Crippen LogP contribution in [0.5, 0.6) is 0 Å². The van der Waals surface area contributed by atoms with E-state index >= 15 is 0 Å². The minimum absolute atomic E-state index is 0.0537. The lowest BCUT2D eigenvalue weighted by molar-refractivity contribution is 0.343. The Hall–Kier alpha value is -3.50. The Balaban J connectivity index is 2.11. The first kappa shape index (κ1) is 17.9. The van der Waals surface area contributed by atoms with Crippen molar-refractivity contribution in [3.63, 3.8) is 0 Å². The molecule has 138 valence electrons. The van der Waals surface area contributed by atoms with Gasteiger partial charge in [0, 0.05) is 0 Å². The molecule has 4 heteroatoms. The topological polar surface area (TPSA) is 50.9 Å². The summed E-state index contributed by atoms with van der Waals surface area (Å²) in [5, 5.41) is 13.9. The summed E-state index contributed by atoms with van der Waals surface area (Å²) in [4.78, 5) is 4.45. The molecule has 4 rings (SSSR count). The van der Waals surface area contributed by atoms with Crippen LogP contribution in [-0.2, 0) is 5.54 Å². The largest absolute Gasteiger partial charge is 0.392 e. The van der Waals surface area contributed by atoms with Gasteiger partial charge in [-0.15, -0.1) is 0 Å². The molecule has 0 bridgehead atoms.